The molecule has 3 nitrogen and oxygen atoms in total. The van der Waals surface area contributed by atoms with Gasteiger partial charge in [-0.1, -0.05) is 34.8 Å². The molecule has 0 saturated carbocycles. The highest BCUT2D eigenvalue weighted by molar-refractivity contribution is 6.62. The molecule has 0 aromatic carbocycles. The van der Waals surface area contributed by atoms with E-state index in [1.807, 2.05) is 0 Å². The van der Waals surface area contributed by atoms with E-state index in [1.165, 1.54) is 0 Å². The zero-order valence-electron chi connectivity index (χ0n) is 6.02. The number of ether oxygens (including phenoxy) is 2. The Morgan fingerprint density at radius 2 is 2.08 bits per heavy atom. The van der Waals surface area contributed by atoms with Crippen LogP contribution < -0.4 is 0 Å². The fourth-order valence-electron chi connectivity index (χ4n) is 0.397. The molecule has 0 fully saturated rings. The van der Waals surface area contributed by atoms with E-state index in [1.54, 1.807) is 6.92 Å². The van der Waals surface area contributed by atoms with Crippen LogP contribution in [0.2, 0.25) is 0 Å². The predicted molar refractivity (Wildman–Crippen MR) is 48.0 cm³/mol. The lowest BCUT2D eigenvalue weighted by atomic mass is 10.7. The molecule has 7 heteroatoms. The van der Waals surface area contributed by atoms with E-state index in [-0.39, 0.29) is 6.61 Å². The summed E-state index contributed by atoms with van der Waals surface area (Å²) in [5, 5.41) is 0. The van der Waals surface area contributed by atoms with E-state index in [9.17, 15) is 4.79 Å². The monoisotopic (exact) mass is 254 g/mol. The third kappa shape index (κ3) is 4.58. The number of carbonyl (C=O) groups excluding carboxylic acids is 1. The van der Waals surface area contributed by atoms with Gasteiger partial charge in [-0.05, 0) is 6.92 Å². The summed E-state index contributed by atoms with van der Waals surface area (Å²) in [4.78, 5) is 10.2. The highest BCUT2D eigenvalue weighted by Gasteiger charge is 2.38. The molecule has 0 radical (unpaired) electrons. The van der Waals surface area contributed by atoms with Crippen molar-refractivity contribution in [3.8, 4) is 0 Å². The molecule has 0 saturated heterocycles. The number of carbonyl (C=O) groups is 1. The van der Waals surface area contributed by atoms with E-state index < -0.39 is 15.5 Å². The maximum Gasteiger partial charge on any atom is 0.406 e. The fraction of sp³-hybridized carbons (Fsp3) is 0.800. The molecule has 0 rings (SSSR count). The lowest BCUT2D eigenvalue weighted by molar-refractivity contribution is 0.0265. The minimum Gasteiger partial charge on any atom is -0.412 e. The molecule has 0 aliphatic heterocycles. The molecule has 1 unspecified atom stereocenters. The Balaban J connectivity index is 4.07. The molecule has 0 aromatic rings. The Bertz CT molecular complexity index is 161. The van der Waals surface area contributed by atoms with Gasteiger partial charge in [0.15, 0.2) is 5.56 Å². The molecule has 0 bridgehead atoms. The molecule has 0 N–H and O–H groups in total. The predicted octanol–water partition coefficient (Wildman–Crippen LogP) is 3.09. The van der Waals surface area contributed by atoms with Gasteiger partial charge < -0.3 is 9.47 Å². The molecule has 0 heterocycles. The minimum atomic E-state index is -1.96. The van der Waals surface area contributed by atoms with Gasteiger partial charge >= 0.3 is 9.95 Å². The van der Waals surface area contributed by atoms with Gasteiger partial charge in [0.25, 0.3) is 0 Å². The first-order chi connectivity index (χ1) is 5.40. The second-order valence-corrected chi connectivity index (χ2v) is 3.69. The average Bonchev–Trinajstić information content (AvgIpc) is 1.85. The van der Waals surface area contributed by atoms with Crippen LogP contribution >= 0.6 is 46.4 Å². The summed E-state index contributed by atoms with van der Waals surface area (Å²) < 4.78 is 7.06. The molecule has 72 valence electrons. The number of halogens is 4. The van der Waals surface area contributed by atoms with Gasteiger partial charge in [0, 0.05) is 18.2 Å². The quantitative estimate of drug-likeness (QED) is 0.572. The number of hydrogen-bond acceptors (Lipinski definition) is 3. The van der Waals surface area contributed by atoms with E-state index in [0.717, 1.165) is 0 Å². The average molecular weight is 256 g/mol. The first-order valence-corrected chi connectivity index (χ1v) is 4.49. The molecule has 0 amide bonds. The van der Waals surface area contributed by atoms with Crippen molar-refractivity contribution in [2.45, 2.75) is 17.0 Å². The van der Waals surface area contributed by atoms with Gasteiger partial charge in [0.05, 0.1) is 0 Å². The highest BCUT2D eigenvalue weighted by Crippen LogP contribution is 2.32. The van der Waals surface area contributed by atoms with Gasteiger partial charge in [-0.2, -0.15) is 0 Å². The Hall–Kier alpha value is 0.590. The molecule has 0 aromatic heterocycles. The van der Waals surface area contributed by atoms with Crippen molar-refractivity contribution in [3.63, 3.8) is 0 Å². The minimum absolute atomic E-state index is 0.287. The SMILES string of the molecule is CCOC(Cl)C(Cl)(Cl)OC(=O)Cl. The van der Waals surface area contributed by atoms with E-state index in [2.05, 4.69) is 4.74 Å². The maximum absolute atomic E-state index is 10.2. The van der Waals surface area contributed by atoms with Crippen molar-refractivity contribution in [1.82, 2.24) is 0 Å². The highest BCUT2D eigenvalue weighted by atomic mass is 35.5. The Morgan fingerprint density at radius 1 is 1.58 bits per heavy atom. The third-order valence-electron chi connectivity index (χ3n) is 0.794. The molecule has 12 heavy (non-hydrogen) atoms. The van der Waals surface area contributed by atoms with Crippen LogP contribution in [-0.4, -0.2) is 22.1 Å². The van der Waals surface area contributed by atoms with Crippen LogP contribution in [0.1, 0.15) is 6.92 Å². The molecule has 1 atom stereocenters. The van der Waals surface area contributed by atoms with Gasteiger partial charge in [-0.3, -0.25) is 0 Å². The van der Waals surface area contributed by atoms with E-state index >= 15 is 0 Å². The smallest absolute Gasteiger partial charge is 0.406 e. The lowest BCUT2D eigenvalue weighted by Crippen LogP contribution is -2.33. The van der Waals surface area contributed by atoms with Crippen molar-refractivity contribution in [3.05, 3.63) is 0 Å². The number of rotatable bonds is 4. The van der Waals surface area contributed by atoms with Crippen molar-refractivity contribution >= 4 is 51.8 Å². The van der Waals surface area contributed by atoms with E-state index in [4.69, 9.17) is 51.1 Å². The zero-order valence-corrected chi connectivity index (χ0v) is 9.04. The van der Waals surface area contributed by atoms with Crippen LogP contribution in [0.3, 0.4) is 0 Å². The standard InChI is InChI=1S/C5H6Cl4O3/c1-2-11-3(6)5(8,9)12-4(7)10/h3H,2H2,1H3. The first kappa shape index (κ1) is 12.6. The molecular weight excluding hydrogens is 250 g/mol. The Morgan fingerprint density at radius 3 is 2.42 bits per heavy atom. The number of hydrogen-bond donors (Lipinski definition) is 0. The van der Waals surface area contributed by atoms with Crippen molar-refractivity contribution < 1.29 is 14.3 Å². The van der Waals surface area contributed by atoms with Crippen molar-refractivity contribution in [1.29, 1.82) is 0 Å². The first-order valence-electron chi connectivity index (χ1n) is 2.92. The fourth-order valence-corrected chi connectivity index (χ4v) is 1.03. The van der Waals surface area contributed by atoms with Crippen molar-refractivity contribution in [2.75, 3.05) is 6.61 Å². The van der Waals surface area contributed by atoms with Gasteiger partial charge in [0.2, 0.25) is 0 Å². The third-order valence-corrected chi connectivity index (χ3v) is 2.08. The summed E-state index contributed by atoms with van der Waals surface area (Å²) in [6.07, 6.45) is 0. The van der Waals surface area contributed by atoms with Crippen LogP contribution in [0, 0.1) is 0 Å². The second-order valence-electron chi connectivity index (χ2n) is 1.67. The summed E-state index contributed by atoms with van der Waals surface area (Å²) in [5.74, 6) is 0. The van der Waals surface area contributed by atoms with Crippen LogP contribution in [0.4, 0.5) is 4.79 Å². The summed E-state index contributed by atoms with van der Waals surface area (Å²) in [6.45, 7) is 1.97. The van der Waals surface area contributed by atoms with Crippen LogP contribution in [0.15, 0.2) is 0 Å². The maximum atomic E-state index is 10.2. The summed E-state index contributed by atoms with van der Waals surface area (Å²) in [6, 6.07) is 0. The van der Waals surface area contributed by atoms with Gasteiger partial charge in [0.1, 0.15) is 0 Å². The largest absolute Gasteiger partial charge is 0.412 e. The lowest BCUT2D eigenvalue weighted by Gasteiger charge is -2.22. The normalized spacial score (nSPS) is 14.1. The van der Waals surface area contributed by atoms with Crippen molar-refractivity contribution in [2.24, 2.45) is 0 Å². The molecule has 0 aliphatic rings. The molecule has 0 aliphatic carbocycles. The number of alkyl halides is 3. The summed E-state index contributed by atoms with van der Waals surface area (Å²) in [5.41, 5.74) is -2.31. The summed E-state index contributed by atoms with van der Waals surface area (Å²) in [7, 11) is 0. The Labute approximate surface area is 89.8 Å². The van der Waals surface area contributed by atoms with Gasteiger partial charge in [-0.15, -0.1) is 0 Å². The molecule has 0 spiro atoms. The topological polar surface area (TPSA) is 35.5 Å². The summed E-state index contributed by atoms with van der Waals surface area (Å²) >= 11 is 21.2. The van der Waals surface area contributed by atoms with Crippen LogP contribution in [-0.2, 0) is 9.47 Å². The van der Waals surface area contributed by atoms with Gasteiger partial charge in [-0.25, -0.2) is 4.79 Å². The van der Waals surface area contributed by atoms with Crippen LogP contribution in [0.25, 0.3) is 0 Å². The zero-order chi connectivity index (χ0) is 9.78. The van der Waals surface area contributed by atoms with Crippen LogP contribution in [0.5, 0.6) is 0 Å². The Kier molecular flexibility index (Phi) is 5.61. The van der Waals surface area contributed by atoms with E-state index in [0.29, 0.717) is 0 Å². The molecular formula is C5H6Cl4O3. The second kappa shape index (κ2) is 5.35.